The number of aliphatic hydroxyl groups is 1. The van der Waals surface area contributed by atoms with Crippen molar-refractivity contribution in [3.8, 4) is 0 Å². The smallest absolute Gasteiger partial charge is 0.216 e. The fourth-order valence-electron chi connectivity index (χ4n) is 2.50. The predicted molar refractivity (Wildman–Crippen MR) is 67.9 cm³/mol. The van der Waals surface area contributed by atoms with E-state index in [1.807, 2.05) is 25.7 Å². The normalized spacial score (nSPS) is 28.6. The average molecular weight is 325 g/mol. The maximum atomic E-state index is 9.82. The summed E-state index contributed by atoms with van der Waals surface area (Å²) in [4.78, 5) is 2.02. The molecule has 0 unspecified atom stereocenters. The summed E-state index contributed by atoms with van der Waals surface area (Å²) in [7, 11) is 0. The molecule has 2 rings (SSSR count). The van der Waals surface area contributed by atoms with Gasteiger partial charge in [-0.15, -0.1) is 0 Å². The molecule has 0 radical (unpaired) electrons. The Morgan fingerprint density at radius 1 is 1.40 bits per heavy atom. The average Bonchev–Trinajstić information content (AvgIpc) is 1.89. The molecule has 2 aliphatic rings. The highest BCUT2D eigenvalue weighted by molar-refractivity contribution is 14.1. The van der Waals surface area contributed by atoms with E-state index in [1.54, 1.807) is 0 Å². The van der Waals surface area contributed by atoms with Gasteiger partial charge in [0.05, 0.1) is 5.60 Å². The number of likely N-dealkylation sites (tertiary alicyclic amines) is 1. The lowest BCUT2D eigenvalue weighted by Crippen LogP contribution is -2.66. The first-order valence-electron chi connectivity index (χ1n) is 5.54. The zero-order valence-corrected chi connectivity index (χ0v) is 11.8. The van der Waals surface area contributed by atoms with E-state index in [0.29, 0.717) is 5.41 Å². The molecule has 88 valence electrons. The molecule has 0 amide bonds. The zero-order chi connectivity index (χ0) is 11.3. The van der Waals surface area contributed by atoms with Crippen LogP contribution >= 0.6 is 22.6 Å². The van der Waals surface area contributed by atoms with Crippen molar-refractivity contribution in [2.24, 2.45) is 5.41 Å². The van der Waals surface area contributed by atoms with E-state index in [-0.39, 0.29) is 5.60 Å². The number of hydrogen-bond acceptors (Lipinski definition) is 3. The summed E-state index contributed by atoms with van der Waals surface area (Å²) in [6.45, 7) is 7.91. The van der Waals surface area contributed by atoms with E-state index in [0.717, 1.165) is 17.0 Å². The lowest BCUT2D eigenvalue weighted by molar-refractivity contribution is -0.281. The van der Waals surface area contributed by atoms with Crippen LogP contribution in [0.15, 0.2) is 0 Å². The summed E-state index contributed by atoms with van der Waals surface area (Å²) < 4.78 is 6.36. The van der Waals surface area contributed by atoms with Gasteiger partial charge in [-0.25, -0.2) is 0 Å². The Bertz CT molecular complexity index is 237. The molecule has 1 heterocycles. The van der Waals surface area contributed by atoms with E-state index in [9.17, 15) is 5.11 Å². The number of hydrogen-bond donors (Lipinski definition) is 1. The molecule has 1 saturated carbocycles. The van der Waals surface area contributed by atoms with Crippen LogP contribution in [0, 0.1) is 5.41 Å². The van der Waals surface area contributed by atoms with Gasteiger partial charge in [0.25, 0.3) is 0 Å². The topological polar surface area (TPSA) is 32.7 Å². The quantitative estimate of drug-likeness (QED) is 0.479. The molecule has 2 fully saturated rings. The van der Waals surface area contributed by atoms with Gasteiger partial charge in [-0.05, 0) is 39.0 Å². The third kappa shape index (κ3) is 2.65. The maximum Gasteiger partial charge on any atom is 0.216 e. The predicted octanol–water partition coefficient (Wildman–Crippen LogP) is 1.98. The molecule has 1 atom stereocenters. The molecule has 1 aliphatic heterocycles. The first-order valence-corrected chi connectivity index (χ1v) is 6.78. The van der Waals surface area contributed by atoms with Crippen molar-refractivity contribution >= 4 is 22.6 Å². The molecule has 0 bridgehead atoms. The van der Waals surface area contributed by atoms with E-state index in [4.69, 9.17) is 4.74 Å². The summed E-state index contributed by atoms with van der Waals surface area (Å²) in [6, 6.07) is 0. The minimum absolute atomic E-state index is 0.270. The minimum atomic E-state index is -0.719. The molecule has 1 saturated heterocycles. The first-order chi connectivity index (χ1) is 6.80. The fourth-order valence-corrected chi connectivity index (χ4v) is 4.37. The SMILES string of the molecule is CC(C)(C)O[C@@H](O)N1CC2(CC(I)C2)C1. The van der Waals surface area contributed by atoms with Crippen LogP contribution in [0.2, 0.25) is 0 Å². The minimum Gasteiger partial charge on any atom is -0.356 e. The molecule has 4 heteroatoms. The van der Waals surface area contributed by atoms with Crippen molar-refractivity contribution in [2.75, 3.05) is 13.1 Å². The van der Waals surface area contributed by atoms with E-state index in [2.05, 4.69) is 22.6 Å². The van der Waals surface area contributed by atoms with Gasteiger partial charge in [0.1, 0.15) is 0 Å². The standard InChI is InChI=1S/C11H20INO2/c1-10(2,3)15-9(14)13-6-11(7-13)4-8(12)5-11/h8-9,14H,4-7H2,1-3H3/t9-/m1/s1. The number of aliphatic hydroxyl groups excluding tert-OH is 1. The number of alkyl halides is 1. The lowest BCUT2D eigenvalue weighted by atomic mass is 9.63. The van der Waals surface area contributed by atoms with E-state index < -0.39 is 6.41 Å². The molecule has 0 aromatic heterocycles. The van der Waals surface area contributed by atoms with Crippen LogP contribution in [0.4, 0.5) is 0 Å². The van der Waals surface area contributed by atoms with Crippen LogP contribution in [0.1, 0.15) is 33.6 Å². The first kappa shape index (κ1) is 12.1. The van der Waals surface area contributed by atoms with Gasteiger partial charge in [-0.3, -0.25) is 4.90 Å². The van der Waals surface area contributed by atoms with Gasteiger partial charge in [-0.2, -0.15) is 0 Å². The Kier molecular flexibility index (Phi) is 3.08. The molecule has 15 heavy (non-hydrogen) atoms. The lowest BCUT2D eigenvalue weighted by Gasteiger charge is -2.59. The highest BCUT2D eigenvalue weighted by atomic mass is 127. The third-order valence-electron chi connectivity index (χ3n) is 3.16. The molecule has 1 aliphatic carbocycles. The van der Waals surface area contributed by atoms with Crippen molar-refractivity contribution < 1.29 is 9.84 Å². The fraction of sp³-hybridized carbons (Fsp3) is 1.00. The molecular weight excluding hydrogens is 305 g/mol. The van der Waals surface area contributed by atoms with Crippen molar-refractivity contribution in [2.45, 2.75) is 49.6 Å². The zero-order valence-electron chi connectivity index (χ0n) is 9.66. The van der Waals surface area contributed by atoms with Gasteiger partial charge in [0, 0.05) is 17.0 Å². The number of halogens is 1. The molecule has 1 N–H and O–H groups in total. The monoisotopic (exact) mass is 325 g/mol. The Balaban J connectivity index is 1.75. The highest BCUT2D eigenvalue weighted by Gasteiger charge is 2.53. The van der Waals surface area contributed by atoms with Crippen molar-refractivity contribution in [1.82, 2.24) is 4.90 Å². The summed E-state index contributed by atoms with van der Waals surface area (Å²) in [5.41, 5.74) is 0.252. The Morgan fingerprint density at radius 2 is 1.93 bits per heavy atom. The summed E-state index contributed by atoms with van der Waals surface area (Å²) in [6.07, 6.45) is 1.90. The molecular formula is C11H20INO2. The summed E-state index contributed by atoms with van der Waals surface area (Å²) >= 11 is 2.51. The number of ether oxygens (including phenoxy) is 1. The van der Waals surface area contributed by atoms with Crippen molar-refractivity contribution in [3.63, 3.8) is 0 Å². The third-order valence-corrected chi connectivity index (χ3v) is 4.04. The molecule has 0 aromatic carbocycles. The summed E-state index contributed by atoms with van der Waals surface area (Å²) in [5.74, 6) is 0. The molecule has 0 aromatic rings. The highest BCUT2D eigenvalue weighted by Crippen LogP contribution is 2.51. The van der Waals surface area contributed by atoms with Gasteiger partial charge in [-0.1, -0.05) is 22.6 Å². The molecule has 3 nitrogen and oxygen atoms in total. The van der Waals surface area contributed by atoms with Crippen LogP contribution in [0.3, 0.4) is 0 Å². The maximum absolute atomic E-state index is 9.82. The van der Waals surface area contributed by atoms with Crippen LogP contribution < -0.4 is 0 Å². The molecule has 1 spiro atoms. The van der Waals surface area contributed by atoms with Crippen LogP contribution in [0.25, 0.3) is 0 Å². The number of rotatable bonds is 2. The Morgan fingerprint density at radius 3 is 2.33 bits per heavy atom. The summed E-state index contributed by atoms with van der Waals surface area (Å²) in [5, 5.41) is 9.82. The second-order valence-corrected chi connectivity index (χ2v) is 7.73. The van der Waals surface area contributed by atoms with Crippen molar-refractivity contribution in [1.29, 1.82) is 0 Å². The van der Waals surface area contributed by atoms with Gasteiger partial charge in [0.2, 0.25) is 6.41 Å². The Hall–Kier alpha value is 0.610. The van der Waals surface area contributed by atoms with Crippen LogP contribution in [0.5, 0.6) is 0 Å². The number of nitrogens with zero attached hydrogens (tertiary/aromatic N) is 1. The van der Waals surface area contributed by atoms with Gasteiger partial charge in [0.15, 0.2) is 0 Å². The van der Waals surface area contributed by atoms with Gasteiger partial charge >= 0.3 is 0 Å². The largest absolute Gasteiger partial charge is 0.356 e. The van der Waals surface area contributed by atoms with Crippen molar-refractivity contribution in [3.05, 3.63) is 0 Å². The van der Waals surface area contributed by atoms with Gasteiger partial charge < -0.3 is 9.84 Å². The van der Waals surface area contributed by atoms with Crippen LogP contribution in [-0.2, 0) is 4.74 Å². The Labute approximate surface area is 105 Å². The second-order valence-electron chi connectivity index (χ2n) is 5.97. The second kappa shape index (κ2) is 3.82. The van der Waals surface area contributed by atoms with E-state index >= 15 is 0 Å². The van der Waals surface area contributed by atoms with Crippen LogP contribution in [-0.4, -0.2) is 39.0 Å². The van der Waals surface area contributed by atoms with E-state index in [1.165, 1.54) is 12.8 Å².